The number of hydrogen-bond donors (Lipinski definition) is 1. The molecule has 0 saturated heterocycles. The fourth-order valence-corrected chi connectivity index (χ4v) is 2.08. The molecule has 2 aromatic heterocycles. The molecule has 19 heavy (non-hydrogen) atoms. The van der Waals surface area contributed by atoms with Gasteiger partial charge in [-0.3, -0.25) is 4.98 Å². The number of aromatic nitrogens is 3. The van der Waals surface area contributed by atoms with Crippen molar-refractivity contribution in [3.8, 4) is 0 Å². The van der Waals surface area contributed by atoms with Crippen LogP contribution in [0.25, 0.3) is 10.9 Å². The fourth-order valence-electron chi connectivity index (χ4n) is 1.90. The molecule has 5 heteroatoms. The van der Waals surface area contributed by atoms with E-state index in [0.29, 0.717) is 5.82 Å². The van der Waals surface area contributed by atoms with Crippen molar-refractivity contribution < 1.29 is 0 Å². The van der Waals surface area contributed by atoms with Crippen LogP contribution in [0.15, 0.2) is 42.6 Å². The van der Waals surface area contributed by atoms with Crippen LogP contribution in [0.2, 0.25) is 5.28 Å². The van der Waals surface area contributed by atoms with E-state index in [4.69, 9.17) is 11.6 Å². The Kier molecular flexibility index (Phi) is 3.01. The monoisotopic (exact) mass is 270 g/mol. The van der Waals surface area contributed by atoms with E-state index in [1.807, 2.05) is 43.3 Å². The molecule has 1 aromatic carbocycles. The number of fused-ring (bicyclic) bond motifs is 1. The van der Waals surface area contributed by atoms with E-state index in [0.717, 1.165) is 22.3 Å². The zero-order valence-corrected chi connectivity index (χ0v) is 11.0. The Balaban J connectivity index is 2.09. The second-order valence-corrected chi connectivity index (χ2v) is 4.51. The van der Waals surface area contributed by atoms with E-state index in [1.54, 1.807) is 6.20 Å². The van der Waals surface area contributed by atoms with E-state index in [-0.39, 0.29) is 5.28 Å². The zero-order valence-electron chi connectivity index (χ0n) is 10.3. The lowest BCUT2D eigenvalue weighted by Gasteiger charge is -2.09. The Bertz CT molecular complexity index is 742. The van der Waals surface area contributed by atoms with E-state index in [2.05, 4.69) is 20.3 Å². The van der Waals surface area contributed by atoms with Gasteiger partial charge in [-0.15, -0.1) is 0 Å². The molecule has 0 bridgehead atoms. The summed E-state index contributed by atoms with van der Waals surface area (Å²) in [7, 11) is 0. The fraction of sp³-hybridized carbons (Fsp3) is 0.0714. The number of anilines is 2. The van der Waals surface area contributed by atoms with Gasteiger partial charge in [0.2, 0.25) is 5.28 Å². The molecule has 0 saturated carbocycles. The van der Waals surface area contributed by atoms with Gasteiger partial charge in [0.05, 0.1) is 5.52 Å². The first-order valence-electron chi connectivity index (χ1n) is 5.84. The maximum atomic E-state index is 5.95. The van der Waals surface area contributed by atoms with E-state index < -0.39 is 0 Å². The Morgan fingerprint density at radius 1 is 1.11 bits per heavy atom. The molecule has 0 fully saturated rings. The highest BCUT2D eigenvalue weighted by atomic mass is 35.5. The maximum absolute atomic E-state index is 5.95. The van der Waals surface area contributed by atoms with Gasteiger partial charge in [-0.05, 0) is 42.8 Å². The number of pyridine rings is 1. The van der Waals surface area contributed by atoms with Gasteiger partial charge in [0.15, 0.2) is 0 Å². The van der Waals surface area contributed by atoms with Crippen molar-refractivity contribution in [3.05, 3.63) is 53.6 Å². The first kappa shape index (κ1) is 11.9. The third-order valence-electron chi connectivity index (χ3n) is 2.74. The van der Waals surface area contributed by atoms with Gasteiger partial charge in [0.25, 0.3) is 0 Å². The quantitative estimate of drug-likeness (QED) is 0.721. The predicted octanol–water partition coefficient (Wildman–Crippen LogP) is 3.73. The average molecular weight is 271 g/mol. The van der Waals surface area contributed by atoms with Crippen LogP contribution in [0.1, 0.15) is 5.69 Å². The number of nitrogens with one attached hydrogen (secondary N) is 1. The van der Waals surface area contributed by atoms with Crippen LogP contribution in [0, 0.1) is 6.92 Å². The van der Waals surface area contributed by atoms with Gasteiger partial charge < -0.3 is 5.32 Å². The van der Waals surface area contributed by atoms with Gasteiger partial charge in [0, 0.05) is 23.0 Å². The molecule has 0 unspecified atom stereocenters. The number of benzene rings is 1. The summed E-state index contributed by atoms with van der Waals surface area (Å²) in [5, 5.41) is 4.41. The Morgan fingerprint density at radius 3 is 2.79 bits per heavy atom. The van der Waals surface area contributed by atoms with Crippen LogP contribution in [-0.2, 0) is 0 Å². The van der Waals surface area contributed by atoms with Crippen molar-refractivity contribution >= 4 is 34.0 Å². The van der Waals surface area contributed by atoms with Crippen LogP contribution >= 0.6 is 11.6 Å². The molecule has 0 radical (unpaired) electrons. The van der Waals surface area contributed by atoms with Crippen LogP contribution in [-0.4, -0.2) is 15.0 Å². The molecule has 2 heterocycles. The molecule has 0 spiro atoms. The van der Waals surface area contributed by atoms with Crippen molar-refractivity contribution in [1.29, 1.82) is 0 Å². The molecule has 0 aliphatic rings. The summed E-state index contributed by atoms with van der Waals surface area (Å²) in [6.07, 6.45) is 1.75. The molecule has 0 aliphatic carbocycles. The summed E-state index contributed by atoms with van der Waals surface area (Å²) >= 11 is 5.95. The van der Waals surface area contributed by atoms with Crippen molar-refractivity contribution in [2.24, 2.45) is 0 Å². The van der Waals surface area contributed by atoms with Crippen LogP contribution in [0.4, 0.5) is 11.5 Å². The third-order valence-corrected chi connectivity index (χ3v) is 2.90. The predicted molar refractivity (Wildman–Crippen MR) is 76.8 cm³/mol. The molecule has 4 nitrogen and oxygen atoms in total. The van der Waals surface area contributed by atoms with E-state index in [1.165, 1.54) is 0 Å². The minimum Gasteiger partial charge on any atom is -0.339 e. The Hall–Kier alpha value is -2.20. The van der Waals surface area contributed by atoms with E-state index >= 15 is 0 Å². The van der Waals surface area contributed by atoms with E-state index in [9.17, 15) is 0 Å². The zero-order chi connectivity index (χ0) is 13.2. The van der Waals surface area contributed by atoms with Crippen LogP contribution in [0.5, 0.6) is 0 Å². The summed E-state index contributed by atoms with van der Waals surface area (Å²) in [5.41, 5.74) is 2.68. The minimum atomic E-state index is 0.229. The maximum Gasteiger partial charge on any atom is 0.224 e. The standard InChI is InChI=1S/C14H11ClN4/c1-9-8-10(6-7-16-9)17-13-11-4-2-3-5-12(11)18-14(15)19-13/h2-8H,1H3,(H,16,17,18,19). The average Bonchev–Trinajstić information content (AvgIpc) is 2.38. The number of rotatable bonds is 2. The molecule has 94 valence electrons. The minimum absolute atomic E-state index is 0.229. The number of nitrogens with zero attached hydrogens (tertiary/aromatic N) is 3. The topological polar surface area (TPSA) is 50.7 Å². The first-order valence-corrected chi connectivity index (χ1v) is 6.22. The lowest BCUT2D eigenvalue weighted by atomic mass is 10.2. The number of hydrogen-bond acceptors (Lipinski definition) is 4. The second-order valence-electron chi connectivity index (χ2n) is 4.17. The highest BCUT2D eigenvalue weighted by molar-refractivity contribution is 6.28. The molecular formula is C14H11ClN4. The smallest absolute Gasteiger partial charge is 0.224 e. The lowest BCUT2D eigenvalue weighted by molar-refractivity contribution is 1.19. The summed E-state index contributed by atoms with van der Waals surface area (Å²) in [6, 6.07) is 11.6. The highest BCUT2D eigenvalue weighted by Gasteiger charge is 2.06. The van der Waals surface area contributed by atoms with Crippen molar-refractivity contribution in [2.45, 2.75) is 6.92 Å². The molecule has 3 aromatic rings. The number of aryl methyl sites for hydroxylation is 1. The highest BCUT2D eigenvalue weighted by Crippen LogP contribution is 2.24. The third kappa shape index (κ3) is 2.48. The summed E-state index contributed by atoms with van der Waals surface area (Å²) in [6.45, 7) is 1.94. The number of para-hydroxylation sites is 1. The second kappa shape index (κ2) is 4.82. The first-order chi connectivity index (χ1) is 9.22. The molecule has 0 amide bonds. The molecule has 3 rings (SSSR count). The van der Waals surface area contributed by atoms with Gasteiger partial charge in [0.1, 0.15) is 5.82 Å². The largest absolute Gasteiger partial charge is 0.339 e. The molecule has 0 aliphatic heterocycles. The lowest BCUT2D eigenvalue weighted by Crippen LogP contribution is -1.97. The van der Waals surface area contributed by atoms with Crippen molar-refractivity contribution in [2.75, 3.05) is 5.32 Å². The molecule has 1 N–H and O–H groups in total. The van der Waals surface area contributed by atoms with Crippen molar-refractivity contribution in [1.82, 2.24) is 15.0 Å². The Morgan fingerprint density at radius 2 is 1.95 bits per heavy atom. The van der Waals surface area contributed by atoms with Gasteiger partial charge >= 0.3 is 0 Å². The van der Waals surface area contributed by atoms with Crippen LogP contribution < -0.4 is 5.32 Å². The molecule has 0 atom stereocenters. The summed E-state index contributed by atoms with van der Waals surface area (Å²) < 4.78 is 0. The van der Waals surface area contributed by atoms with Gasteiger partial charge in [-0.25, -0.2) is 4.98 Å². The Labute approximate surface area is 115 Å². The number of halogens is 1. The SMILES string of the molecule is Cc1cc(Nc2nc(Cl)nc3ccccc23)ccn1. The van der Waals surface area contributed by atoms with Gasteiger partial charge in [-0.2, -0.15) is 4.98 Å². The van der Waals surface area contributed by atoms with Crippen molar-refractivity contribution in [3.63, 3.8) is 0 Å². The normalized spacial score (nSPS) is 10.6. The van der Waals surface area contributed by atoms with Gasteiger partial charge in [-0.1, -0.05) is 12.1 Å². The van der Waals surface area contributed by atoms with Crippen LogP contribution in [0.3, 0.4) is 0 Å². The molecular weight excluding hydrogens is 260 g/mol. The summed E-state index contributed by atoms with van der Waals surface area (Å²) in [4.78, 5) is 12.6. The summed E-state index contributed by atoms with van der Waals surface area (Å²) in [5.74, 6) is 0.696.